The summed E-state index contributed by atoms with van der Waals surface area (Å²) in [5.74, 6) is 1.25. The summed E-state index contributed by atoms with van der Waals surface area (Å²) in [6, 6.07) is 3.51. The van der Waals surface area contributed by atoms with Gasteiger partial charge in [0.15, 0.2) is 0 Å². The molecule has 0 aliphatic carbocycles. The molecular weight excluding hydrogens is 142 g/mol. The van der Waals surface area contributed by atoms with E-state index in [2.05, 4.69) is 0 Å². The van der Waals surface area contributed by atoms with Gasteiger partial charge in [-0.2, -0.15) is 0 Å². The van der Waals surface area contributed by atoms with Crippen LogP contribution in [0, 0.1) is 0 Å². The van der Waals surface area contributed by atoms with Crippen LogP contribution in [0.4, 0.5) is 0 Å². The fraction of sp³-hybridized carbons (Fsp3) is 0.500. The van der Waals surface area contributed by atoms with E-state index in [1.54, 1.807) is 12.1 Å². The van der Waals surface area contributed by atoms with E-state index in [-0.39, 0.29) is 6.61 Å². The number of hydrogen-bond donors (Lipinski definition) is 2. The van der Waals surface area contributed by atoms with Gasteiger partial charge in [-0.25, -0.2) is 0 Å². The maximum atomic E-state index is 8.68. The van der Waals surface area contributed by atoms with Crippen LogP contribution in [-0.4, -0.2) is 5.11 Å². The molecule has 3 N–H and O–H groups in total. The Morgan fingerprint density at radius 1 is 1.55 bits per heavy atom. The van der Waals surface area contributed by atoms with Gasteiger partial charge >= 0.3 is 0 Å². The van der Waals surface area contributed by atoms with E-state index in [4.69, 9.17) is 15.3 Å². The number of furan rings is 1. The molecule has 0 saturated carbocycles. The summed E-state index contributed by atoms with van der Waals surface area (Å²) in [4.78, 5) is 0. The summed E-state index contributed by atoms with van der Waals surface area (Å²) in [6.45, 7) is 3.63. The fourth-order valence-electron chi connectivity index (χ4n) is 0.809. The Bertz CT molecular complexity index is 234. The monoisotopic (exact) mass is 155 g/mol. The summed E-state index contributed by atoms with van der Waals surface area (Å²) in [7, 11) is 0. The minimum Gasteiger partial charge on any atom is -0.462 e. The minimum atomic E-state index is -0.465. The van der Waals surface area contributed by atoms with Gasteiger partial charge in [0.2, 0.25) is 0 Å². The molecule has 1 aromatic heterocycles. The molecule has 0 saturated heterocycles. The van der Waals surface area contributed by atoms with Crippen LogP contribution in [0.2, 0.25) is 0 Å². The Labute approximate surface area is 65.8 Å². The predicted octanol–water partition coefficient (Wildman–Crippen LogP) is 0.966. The van der Waals surface area contributed by atoms with Gasteiger partial charge in [-0.3, -0.25) is 0 Å². The van der Waals surface area contributed by atoms with Crippen LogP contribution in [0.15, 0.2) is 16.5 Å². The van der Waals surface area contributed by atoms with Crippen LogP contribution >= 0.6 is 0 Å². The van der Waals surface area contributed by atoms with Crippen molar-refractivity contribution in [3.63, 3.8) is 0 Å². The van der Waals surface area contributed by atoms with E-state index in [0.29, 0.717) is 11.5 Å². The molecule has 0 aliphatic heterocycles. The van der Waals surface area contributed by atoms with Gasteiger partial charge < -0.3 is 15.3 Å². The summed E-state index contributed by atoms with van der Waals surface area (Å²) in [5, 5.41) is 8.68. The van der Waals surface area contributed by atoms with Crippen molar-refractivity contribution in [2.45, 2.75) is 26.0 Å². The van der Waals surface area contributed by atoms with E-state index in [9.17, 15) is 0 Å². The Kier molecular flexibility index (Phi) is 2.02. The second kappa shape index (κ2) is 2.68. The number of nitrogens with two attached hydrogens (primary N) is 1. The number of rotatable bonds is 2. The second-order valence-corrected chi connectivity index (χ2v) is 3.15. The van der Waals surface area contributed by atoms with Crippen molar-refractivity contribution in [2.75, 3.05) is 0 Å². The average Bonchev–Trinajstić information content (AvgIpc) is 2.32. The summed E-state index contributed by atoms with van der Waals surface area (Å²) in [6.07, 6.45) is 0. The molecule has 3 heteroatoms. The summed E-state index contributed by atoms with van der Waals surface area (Å²) < 4.78 is 5.22. The van der Waals surface area contributed by atoms with Crippen molar-refractivity contribution < 1.29 is 9.52 Å². The zero-order valence-corrected chi connectivity index (χ0v) is 6.79. The topological polar surface area (TPSA) is 59.4 Å². The van der Waals surface area contributed by atoms with Crippen molar-refractivity contribution in [2.24, 2.45) is 5.73 Å². The van der Waals surface area contributed by atoms with Gasteiger partial charge in [0.1, 0.15) is 18.1 Å². The van der Waals surface area contributed by atoms with Crippen molar-refractivity contribution in [3.8, 4) is 0 Å². The normalized spacial score (nSPS) is 12.0. The van der Waals surface area contributed by atoms with Crippen molar-refractivity contribution in [1.29, 1.82) is 0 Å². The van der Waals surface area contributed by atoms with Crippen LogP contribution < -0.4 is 5.73 Å². The Morgan fingerprint density at radius 2 is 2.18 bits per heavy atom. The van der Waals surface area contributed by atoms with Gasteiger partial charge in [-0.05, 0) is 26.0 Å². The lowest BCUT2D eigenvalue weighted by atomic mass is 10.0. The first-order chi connectivity index (χ1) is 5.04. The first-order valence-electron chi connectivity index (χ1n) is 3.53. The molecule has 0 bridgehead atoms. The largest absolute Gasteiger partial charge is 0.462 e. The lowest BCUT2D eigenvalue weighted by Gasteiger charge is -2.14. The highest BCUT2D eigenvalue weighted by molar-refractivity contribution is 5.13. The van der Waals surface area contributed by atoms with Crippen LogP contribution in [0.3, 0.4) is 0 Å². The average molecular weight is 155 g/mol. The molecule has 1 rings (SSSR count). The third kappa shape index (κ3) is 1.82. The molecule has 0 aliphatic rings. The predicted molar refractivity (Wildman–Crippen MR) is 41.8 cm³/mol. The summed E-state index contributed by atoms with van der Waals surface area (Å²) >= 11 is 0. The lowest BCUT2D eigenvalue weighted by molar-refractivity contribution is 0.236. The maximum absolute atomic E-state index is 8.68. The molecule has 1 heterocycles. The Balaban J connectivity index is 2.89. The van der Waals surface area contributed by atoms with Crippen molar-refractivity contribution in [1.82, 2.24) is 0 Å². The fourth-order valence-corrected chi connectivity index (χ4v) is 0.809. The van der Waals surface area contributed by atoms with Gasteiger partial charge in [-0.15, -0.1) is 0 Å². The number of hydrogen-bond acceptors (Lipinski definition) is 3. The Morgan fingerprint density at radius 3 is 2.45 bits per heavy atom. The zero-order valence-electron chi connectivity index (χ0n) is 6.79. The molecule has 0 aromatic carbocycles. The van der Waals surface area contributed by atoms with Crippen LogP contribution in [0.5, 0.6) is 0 Å². The first-order valence-corrected chi connectivity index (χ1v) is 3.53. The molecule has 3 nitrogen and oxygen atoms in total. The van der Waals surface area contributed by atoms with E-state index in [1.165, 1.54) is 0 Å². The number of aliphatic hydroxyl groups is 1. The van der Waals surface area contributed by atoms with E-state index in [0.717, 1.165) is 0 Å². The minimum absolute atomic E-state index is 0.0733. The van der Waals surface area contributed by atoms with Gasteiger partial charge in [-0.1, -0.05) is 0 Å². The van der Waals surface area contributed by atoms with E-state index >= 15 is 0 Å². The van der Waals surface area contributed by atoms with Crippen LogP contribution in [-0.2, 0) is 12.1 Å². The maximum Gasteiger partial charge on any atom is 0.129 e. The van der Waals surface area contributed by atoms with E-state index in [1.807, 2.05) is 13.8 Å². The zero-order chi connectivity index (χ0) is 8.48. The molecule has 62 valence electrons. The molecule has 0 atom stereocenters. The molecule has 0 spiro atoms. The summed E-state index contributed by atoms with van der Waals surface area (Å²) in [5.41, 5.74) is 5.28. The molecule has 1 aromatic rings. The highest BCUT2D eigenvalue weighted by atomic mass is 16.4. The lowest BCUT2D eigenvalue weighted by Crippen LogP contribution is -2.27. The SMILES string of the molecule is CC(C)(N)c1ccc(CO)o1. The Hall–Kier alpha value is -0.800. The quantitative estimate of drug-likeness (QED) is 0.669. The molecule has 0 unspecified atom stereocenters. The second-order valence-electron chi connectivity index (χ2n) is 3.15. The molecular formula is C8H13NO2. The van der Waals surface area contributed by atoms with Gasteiger partial charge in [0, 0.05) is 0 Å². The van der Waals surface area contributed by atoms with Crippen molar-refractivity contribution >= 4 is 0 Å². The molecule has 0 amide bonds. The third-order valence-corrected chi connectivity index (χ3v) is 1.45. The molecule has 0 radical (unpaired) electrons. The smallest absolute Gasteiger partial charge is 0.129 e. The highest BCUT2D eigenvalue weighted by Crippen LogP contribution is 2.19. The molecule has 0 fully saturated rings. The van der Waals surface area contributed by atoms with Crippen LogP contribution in [0.1, 0.15) is 25.4 Å². The van der Waals surface area contributed by atoms with E-state index < -0.39 is 5.54 Å². The highest BCUT2D eigenvalue weighted by Gasteiger charge is 2.17. The standard InChI is InChI=1S/C8H13NO2/c1-8(2,9)7-4-3-6(5-10)11-7/h3-4,10H,5,9H2,1-2H3. The first kappa shape index (κ1) is 8.30. The van der Waals surface area contributed by atoms with Crippen molar-refractivity contribution in [3.05, 3.63) is 23.7 Å². The number of aliphatic hydroxyl groups excluding tert-OH is 1. The van der Waals surface area contributed by atoms with Gasteiger partial charge in [0.25, 0.3) is 0 Å². The van der Waals surface area contributed by atoms with Gasteiger partial charge in [0.05, 0.1) is 5.54 Å². The molecule has 11 heavy (non-hydrogen) atoms. The van der Waals surface area contributed by atoms with Crippen LogP contribution in [0.25, 0.3) is 0 Å². The third-order valence-electron chi connectivity index (χ3n) is 1.45.